The van der Waals surface area contributed by atoms with Crippen molar-refractivity contribution in [2.45, 2.75) is 12.8 Å². The zero-order valence-electron chi connectivity index (χ0n) is 7.53. The summed E-state index contributed by atoms with van der Waals surface area (Å²) in [5.41, 5.74) is 7.40. The first-order valence-corrected chi connectivity index (χ1v) is 3.95. The SMILES string of the molecule is Cl.[C-]#[N+]c1ccc(C(C)CN)cc1. The molecule has 0 aromatic heterocycles. The Bertz CT molecular complexity index is 287. The van der Waals surface area contributed by atoms with Crippen molar-refractivity contribution in [2.24, 2.45) is 5.73 Å². The topological polar surface area (TPSA) is 30.4 Å². The highest BCUT2D eigenvalue weighted by atomic mass is 35.5. The van der Waals surface area contributed by atoms with Gasteiger partial charge >= 0.3 is 0 Å². The highest BCUT2D eigenvalue weighted by molar-refractivity contribution is 5.85. The molecule has 0 aliphatic rings. The number of nitrogens with zero attached hydrogens (tertiary/aromatic N) is 1. The van der Waals surface area contributed by atoms with Gasteiger partial charge < -0.3 is 5.73 Å². The minimum atomic E-state index is 0. The second kappa shape index (κ2) is 5.58. The average Bonchev–Trinajstić information content (AvgIpc) is 2.17. The van der Waals surface area contributed by atoms with Crippen LogP contribution in [0.3, 0.4) is 0 Å². The van der Waals surface area contributed by atoms with Gasteiger partial charge in [-0.25, -0.2) is 4.85 Å². The van der Waals surface area contributed by atoms with Crippen molar-refractivity contribution in [2.75, 3.05) is 6.54 Å². The molecule has 0 radical (unpaired) electrons. The molecule has 70 valence electrons. The Morgan fingerprint density at radius 2 is 1.92 bits per heavy atom. The molecule has 0 aliphatic heterocycles. The number of rotatable bonds is 2. The average molecular weight is 197 g/mol. The smallest absolute Gasteiger partial charge is 0.187 e. The van der Waals surface area contributed by atoms with Crippen LogP contribution >= 0.6 is 12.4 Å². The van der Waals surface area contributed by atoms with Gasteiger partial charge in [0.25, 0.3) is 0 Å². The Morgan fingerprint density at radius 3 is 2.31 bits per heavy atom. The third kappa shape index (κ3) is 3.06. The van der Waals surface area contributed by atoms with Crippen LogP contribution in [0.15, 0.2) is 24.3 Å². The molecule has 0 heterocycles. The fraction of sp³-hybridized carbons (Fsp3) is 0.300. The number of hydrogen-bond donors (Lipinski definition) is 1. The van der Waals surface area contributed by atoms with Crippen LogP contribution in [0.2, 0.25) is 0 Å². The van der Waals surface area contributed by atoms with Gasteiger partial charge in [0.05, 0.1) is 6.57 Å². The summed E-state index contributed by atoms with van der Waals surface area (Å²) in [5.74, 6) is 0.379. The van der Waals surface area contributed by atoms with E-state index in [2.05, 4.69) is 11.8 Å². The lowest BCUT2D eigenvalue weighted by atomic mass is 10.0. The summed E-state index contributed by atoms with van der Waals surface area (Å²) < 4.78 is 0. The van der Waals surface area contributed by atoms with E-state index in [9.17, 15) is 0 Å². The summed E-state index contributed by atoms with van der Waals surface area (Å²) in [7, 11) is 0. The molecule has 0 spiro atoms. The molecule has 2 nitrogen and oxygen atoms in total. The molecular formula is C10H13ClN2. The van der Waals surface area contributed by atoms with E-state index in [4.69, 9.17) is 12.3 Å². The number of halogens is 1. The molecule has 13 heavy (non-hydrogen) atoms. The minimum Gasteiger partial charge on any atom is -0.330 e. The highest BCUT2D eigenvalue weighted by Gasteiger charge is 2.01. The first kappa shape index (κ1) is 12.0. The van der Waals surface area contributed by atoms with Gasteiger partial charge in [0.15, 0.2) is 5.69 Å². The molecule has 1 unspecified atom stereocenters. The van der Waals surface area contributed by atoms with Crippen LogP contribution in [-0.4, -0.2) is 6.54 Å². The molecule has 0 amide bonds. The van der Waals surface area contributed by atoms with E-state index < -0.39 is 0 Å². The fourth-order valence-corrected chi connectivity index (χ4v) is 1.01. The van der Waals surface area contributed by atoms with Gasteiger partial charge in [-0.15, -0.1) is 12.4 Å². The number of benzene rings is 1. The molecule has 0 aliphatic carbocycles. The molecular weight excluding hydrogens is 184 g/mol. The van der Waals surface area contributed by atoms with Gasteiger partial charge in [-0.1, -0.05) is 31.2 Å². The van der Waals surface area contributed by atoms with E-state index in [0.717, 1.165) is 0 Å². The monoisotopic (exact) mass is 196 g/mol. The molecule has 1 aromatic rings. The zero-order valence-corrected chi connectivity index (χ0v) is 8.34. The van der Waals surface area contributed by atoms with Crippen LogP contribution in [0.25, 0.3) is 4.85 Å². The molecule has 0 saturated carbocycles. The van der Waals surface area contributed by atoms with Crippen molar-refractivity contribution in [3.05, 3.63) is 41.2 Å². The molecule has 1 aromatic carbocycles. The van der Waals surface area contributed by atoms with E-state index in [0.29, 0.717) is 18.2 Å². The lowest BCUT2D eigenvalue weighted by Gasteiger charge is -2.07. The van der Waals surface area contributed by atoms with Crippen molar-refractivity contribution in [3.8, 4) is 0 Å². The van der Waals surface area contributed by atoms with E-state index in [1.165, 1.54) is 5.56 Å². The Kier molecular flexibility index (Phi) is 5.13. The molecule has 3 heteroatoms. The van der Waals surface area contributed by atoms with Crippen LogP contribution in [-0.2, 0) is 0 Å². The quantitative estimate of drug-likeness (QED) is 0.725. The highest BCUT2D eigenvalue weighted by Crippen LogP contribution is 2.18. The van der Waals surface area contributed by atoms with Crippen LogP contribution < -0.4 is 5.73 Å². The first-order valence-electron chi connectivity index (χ1n) is 3.95. The third-order valence-corrected chi connectivity index (χ3v) is 1.94. The van der Waals surface area contributed by atoms with Crippen molar-refractivity contribution < 1.29 is 0 Å². The van der Waals surface area contributed by atoms with Crippen molar-refractivity contribution >= 4 is 18.1 Å². The lowest BCUT2D eigenvalue weighted by Crippen LogP contribution is -2.08. The van der Waals surface area contributed by atoms with E-state index in [-0.39, 0.29) is 12.4 Å². The van der Waals surface area contributed by atoms with E-state index in [1.807, 2.05) is 24.3 Å². The minimum absolute atomic E-state index is 0. The van der Waals surface area contributed by atoms with Gasteiger partial charge in [-0.05, 0) is 18.0 Å². The summed E-state index contributed by atoms with van der Waals surface area (Å²) >= 11 is 0. The molecule has 1 atom stereocenters. The van der Waals surface area contributed by atoms with E-state index in [1.54, 1.807) is 0 Å². The fourth-order valence-electron chi connectivity index (χ4n) is 1.01. The van der Waals surface area contributed by atoms with Crippen LogP contribution in [0.4, 0.5) is 5.69 Å². The maximum absolute atomic E-state index is 6.77. The molecule has 2 N–H and O–H groups in total. The van der Waals surface area contributed by atoms with Crippen LogP contribution in [0.1, 0.15) is 18.4 Å². The molecule has 0 fully saturated rings. The van der Waals surface area contributed by atoms with Gasteiger partial charge in [0, 0.05) is 0 Å². The second-order valence-corrected chi connectivity index (χ2v) is 2.84. The molecule has 1 rings (SSSR count). The zero-order chi connectivity index (χ0) is 8.97. The third-order valence-electron chi connectivity index (χ3n) is 1.94. The van der Waals surface area contributed by atoms with E-state index >= 15 is 0 Å². The van der Waals surface area contributed by atoms with Crippen LogP contribution in [0.5, 0.6) is 0 Å². The Labute approximate surface area is 85.0 Å². The lowest BCUT2D eigenvalue weighted by molar-refractivity contribution is 0.774. The summed E-state index contributed by atoms with van der Waals surface area (Å²) in [6.07, 6.45) is 0. The van der Waals surface area contributed by atoms with Gasteiger partial charge in [-0.2, -0.15) is 0 Å². The summed E-state index contributed by atoms with van der Waals surface area (Å²) in [5, 5.41) is 0. The Balaban J connectivity index is 0.00000144. The Morgan fingerprint density at radius 1 is 1.38 bits per heavy atom. The van der Waals surface area contributed by atoms with Crippen molar-refractivity contribution in [1.29, 1.82) is 0 Å². The maximum atomic E-state index is 6.77. The van der Waals surface area contributed by atoms with Crippen LogP contribution in [0, 0.1) is 6.57 Å². The number of nitrogens with two attached hydrogens (primary N) is 1. The summed E-state index contributed by atoms with van der Waals surface area (Å²) in [6.45, 7) is 9.49. The predicted octanol–water partition coefficient (Wildman–Crippen LogP) is 2.72. The standard InChI is InChI=1S/C10H12N2.ClH/c1-8(7-11)9-3-5-10(12-2)6-4-9;/h3-6,8H,7,11H2,1H3;1H. The normalized spacial score (nSPS) is 11.2. The van der Waals surface area contributed by atoms with Gasteiger partial charge in [-0.3, -0.25) is 0 Å². The first-order chi connectivity index (χ1) is 5.77. The van der Waals surface area contributed by atoms with Gasteiger partial charge in [0.2, 0.25) is 0 Å². The van der Waals surface area contributed by atoms with Gasteiger partial charge in [0.1, 0.15) is 0 Å². The van der Waals surface area contributed by atoms with Crippen molar-refractivity contribution in [1.82, 2.24) is 0 Å². The molecule has 0 bridgehead atoms. The maximum Gasteiger partial charge on any atom is 0.187 e. The largest absolute Gasteiger partial charge is 0.330 e. The summed E-state index contributed by atoms with van der Waals surface area (Å²) in [4.78, 5) is 3.32. The predicted molar refractivity (Wildman–Crippen MR) is 57.4 cm³/mol. The molecule has 0 saturated heterocycles. The van der Waals surface area contributed by atoms with Crippen molar-refractivity contribution in [3.63, 3.8) is 0 Å². The summed E-state index contributed by atoms with van der Waals surface area (Å²) in [6, 6.07) is 7.58. The second-order valence-electron chi connectivity index (χ2n) is 2.84. The Hall–Kier alpha value is -1.04. The number of hydrogen-bond acceptors (Lipinski definition) is 1.